The molecular formula is C20H26N4OS. The van der Waals surface area contributed by atoms with Crippen LogP contribution in [0.3, 0.4) is 0 Å². The van der Waals surface area contributed by atoms with Crippen LogP contribution in [0.15, 0.2) is 58.4 Å². The second-order valence-corrected chi connectivity index (χ2v) is 7.09. The zero-order chi connectivity index (χ0) is 18.4. The van der Waals surface area contributed by atoms with Crippen LogP contribution in [0, 0.1) is 0 Å². The highest BCUT2D eigenvalue weighted by molar-refractivity contribution is 7.98. The topological polar surface area (TPSA) is 51.1 Å². The Labute approximate surface area is 159 Å². The Morgan fingerprint density at radius 3 is 2.38 bits per heavy atom. The number of guanidine groups is 1. The zero-order valence-corrected chi connectivity index (χ0v) is 16.2. The summed E-state index contributed by atoms with van der Waals surface area (Å²) in [5.41, 5.74) is 2.15. The van der Waals surface area contributed by atoms with Gasteiger partial charge in [0.25, 0.3) is 0 Å². The lowest BCUT2D eigenvalue weighted by atomic mass is 10.2. The summed E-state index contributed by atoms with van der Waals surface area (Å²) >= 11 is 1.75. The molecule has 0 radical (unpaired) electrons. The van der Waals surface area contributed by atoms with Crippen LogP contribution < -0.4 is 10.2 Å². The Kier molecular flexibility index (Phi) is 6.28. The van der Waals surface area contributed by atoms with Crippen LogP contribution >= 0.6 is 11.8 Å². The molecular weight excluding hydrogens is 344 g/mol. The highest BCUT2D eigenvalue weighted by Crippen LogP contribution is 2.27. The monoisotopic (exact) mass is 370 g/mol. The van der Waals surface area contributed by atoms with Crippen molar-refractivity contribution in [2.24, 2.45) is 4.99 Å². The minimum atomic E-state index is 0.345. The Balaban J connectivity index is 1.54. The fourth-order valence-corrected chi connectivity index (χ4v) is 3.56. The highest BCUT2D eigenvalue weighted by Gasteiger charge is 2.21. The Hall–Kier alpha value is -2.34. The third-order valence-corrected chi connectivity index (χ3v) is 5.37. The van der Waals surface area contributed by atoms with E-state index in [0.717, 1.165) is 44.4 Å². The van der Waals surface area contributed by atoms with Crippen LogP contribution in [0.5, 0.6) is 5.75 Å². The average molecular weight is 371 g/mol. The summed E-state index contributed by atoms with van der Waals surface area (Å²) in [6.07, 6.45) is 2.09. The number of rotatable bonds is 4. The first kappa shape index (κ1) is 18.5. The molecule has 0 saturated carbocycles. The normalized spacial score (nSPS) is 15.2. The average Bonchev–Trinajstić information content (AvgIpc) is 2.70. The minimum Gasteiger partial charge on any atom is -0.506 e. The van der Waals surface area contributed by atoms with Crippen LogP contribution in [-0.4, -0.2) is 55.4 Å². The summed E-state index contributed by atoms with van der Waals surface area (Å²) in [5.74, 6) is 1.27. The maximum absolute atomic E-state index is 10.0. The van der Waals surface area contributed by atoms with Crippen molar-refractivity contribution in [3.8, 4) is 5.75 Å². The first-order chi connectivity index (χ1) is 12.7. The van der Waals surface area contributed by atoms with Crippen molar-refractivity contribution in [3.05, 3.63) is 54.1 Å². The Morgan fingerprint density at radius 1 is 1.08 bits per heavy atom. The lowest BCUT2D eigenvalue weighted by Gasteiger charge is -2.37. The molecule has 0 bridgehead atoms. The number of thioether (sulfide) groups is 1. The van der Waals surface area contributed by atoms with E-state index < -0.39 is 0 Å². The van der Waals surface area contributed by atoms with Crippen molar-refractivity contribution in [2.75, 3.05) is 44.4 Å². The van der Waals surface area contributed by atoms with Crippen LogP contribution in [0.25, 0.3) is 0 Å². The third-order valence-electron chi connectivity index (χ3n) is 4.62. The number of nitrogens with zero attached hydrogens (tertiary/aromatic N) is 3. The van der Waals surface area contributed by atoms with Gasteiger partial charge in [0.15, 0.2) is 5.96 Å². The van der Waals surface area contributed by atoms with E-state index >= 15 is 0 Å². The molecule has 0 aliphatic carbocycles. The molecule has 1 aliphatic rings. The van der Waals surface area contributed by atoms with Gasteiger partial charge in [-0.3, -0.25) is 4.99 Å². The number of phenols is 1. The number of phenolic OH excluding ortho intramolecular Hbond substituents is 1. The van der Waals surface area contributed by atoms with E-state index in [1.54, 1.807) is 17.8 Å². The van der Waals surface area contributed by atoms with Gasteiger partial charge >= 0.3 is 0 Å². The van der Waals surface area contributed by atoms with Gasteiger partial charge in [0, 0.05) is 44.7 Å². The van der Waals surface area contributed by atoms with Gasteiger partial charge in [0.2, 0.25) is 0 Å². The van der Waals surface area contributed by atoms with Crippen LogP contribution in [0.1, 0.15) is 5.56 Å². The molecule has 2 N–H and O–H groups in total. The first-order valence-electron chi connectivity index (χ1n) is 8.82. The number of benzene rings is 2. The maximum atomic E-state index is 10.0. The van der Waals surface area contributed by atoms with E-state index in [0.29, 0.717) is 5.75 Å². The molecule has 1 aliphatic heterocycles. The number of aliphatic imine (C=N–C) groups is 1. The van der Waals surface area contributed by atoms with Gasteiger partial charge < -0.3 is 20.2 Å². The summed E-state index contributed by atoms with van der Waals surface area (Å²) in [7, 11) is 1.83. The fraction of sp³-hybridized carbons (Fsp3) is 0.350. The number of hydrogen-bond acceptors (Lipinski definition) is 4. The number of anilines is 1. The largest absolute Gasteiger partial charge is 0.506 e. The number of aromatic hydroxyl groups is 1. The van der Waals surface area contributed by atoms with Crippen molar-refractivity contribution < 1.29 is 5.11 Å². The molecule has 0 amide bonds. The predicted octanol–water partition coefficient (Wildman–Crippen LogP) is 3.01. The maximum Gasteiger partial charge on any atom is 0.194 e. The molecule has 0 aromatic heterocycles. The summed E-state index contributed by atoms with van der Waals surface area (Å²) in [5, 5.41) is 13.5. The molecule has 138 valence electrons. The molecule has 5 nitrogen and oxygen atoms in total. The van der Waals surface area contributed by atoms with E-state index in [9.17, 15) is 5.11 Å². The van der Waals surface area contributed by atoms with Crippen molar-refractivity contribution >= 4 is 23.4 Å². The smallest absolute Gasteiger partial charge is 0.194 e. The van der Waals surface area contributed by atoms with Gasteiger partial charge in [-0.05, 0) is 36.1 Å². The molecule has 1 heterocycles. The highest BCUT2D eigenvalue weighted by atomic mass is 32.2. The van der Waals surface area contributed by atoms with Crippen LogP contribution in [0.2, 0.25) is 0 Å². The van der Waals surface area contributed by atoms with E-state index in [1.165, 1.54) is 10.5 Å². The SMILES string of the molecule is CN=C(NCc1ccc(SC)cc1)N1CCN(c2ccccc2O)CC1. The lowest BCUT2D eigenvalue weighted by Crippen LogP contribution is -2.52. The fourth-order valence-electron chi connectivity index (χ4n) is 3.15. The van der Waals surface area contributed by atoms with Gasteiger partial charge in [0.1, 0.15) is 5.75 Å². The lowest BCUT2D eigenvalue weighted by molar-refractivity contribution is 0.369. The number of hydrogen-bond donors (Lipinski definition) is 2. The number of para-hydroxylation sites is 2. The summed E-state index contributed by atoms with van der Waals surface area (Å²) in [4.78, 5) is 10.2. The van der Waals surface area contributed by atoms with E-state index in [4.69, 9.17) is 0 Å². The second-order valence-electron chi connectivity index (χ2n) is 6.21. The van der Waals surface area contributed by atoms with Crippen molar-refractivity contribution in [3.63, 3.8) is 0 Å². The van der Waals surface area contributed by atoms with E-state index in [-0.39, 0.29) is 0 Å². The number of piperazine rings is 1. The minimum absolute atomic E-state index is 0.345. The molecule has 26 heavy (non-hydrogen) atoms. The summed E-state index contributed by atoms with van der Waals surface area (Å²) in [6, 6.07) is 16.1. The molecule has 0 atom stereocenters. The van der Waals surface area contributed by atoms with Gasteiger partial charge in [0.05, 0.1) is 5.69 Å². The summed E-state index contributed by atoms with van der Waals surface area (Å²) in [6.45, 7) is 4.24. The second kappa shape index (κ2) is 8.85. The molecule has 6 heteroatoms. The van der Waals surface area contributed by atoms with Gasteiger partial charge in [-0.25, -0.2) is 0 Å². The molecule has 0 spiro atoms. The van der Waals surface area contributed by atoms with Gasteiger partial charge in [-0.1, -0.05) is 24.3 Å². The third kappa shape index (κ3) is 4.43. The zero-order valence-electron chi connectivity index (χ0n) is 15.4. The van der Waals surface area contributed by atoms with Crippen LogP contribution in [-0.2, 0) is 6.54 Å². The van der Waals surface area contributed by atoms with Crippen molar-refractivity contribution in [1.82, 2.24) is 10.2 Å². The van der Waals surface area contributed by atoms with Crippen LogP contribution in [0.4, 0.5) is 5.69 Å². The molecule has 0 unspecified atom stereocenters. The van der Waals surface area contributed by atoms with E-state index in [2.05, 4.69) is 50.6 Å². The Bertz CT molecular complexity index is 740. The molecule has 3 rings (SSSR count). The molecule has 2 aromatic rings. The van der Waals surface area contributed by atoms with Gasteiger partial charge in [-0.15, -0.1) is 11.8 Å². The molecule has 1 fully saturated rings. The Morgan fingerprint density at radius 2 is 1.77 bits per heavy atom. The standard InChI is InChI=1S/C20H26N4OS/c1-21-20(22-15-16-7-9-17(26-2)10-8-16)24-13-11-23(12-14-24)18-5-3-4-6-19(18)25/h3-10,25H,11-15H2,1-2H3,(H,21,22). The van der Waals surface area contributed by atoms with E-state index in [1.807, 2.05) is 25.2 Å². The predicted molar refractivity (Wildman–Crippen MR) is 110 cm³/mol. The van der Waals surface area contributed by atoms with Gasteiger partial charge in [-0.2, -0.15) is 0 Å². The first-order valence-corrected chi connectivity index (χ1v) is 10.0. The summed E-state index contributed by atoms with van der Waals surface area (Å²) < 4.78 is 0. The quantitative estimate of drug-likeness (QED) is 0.492. The number of nitrogens with one attached hydrogen (secondary N) is 1. The van der Waals surface area contributed by atoms with Crippen molar-refractivity contribution in [1.29, 1.82) is 0 Å². The van der Waals surface area contributed by atoms with Crippen molar-refractivity contribution in [2.45, 2.75) is 11.4 Å². The molecule has 2 aromatic carbocycles. The molecule has 1 saturated heterocycles.